The molecular formula is C16H22N2O2S. The average Bonchev–Trinajstić information content (AvgIpc) is 2.85. The Bertz CT molecular complexity index is 632. The van der Waals surface area contributed by atoms with Crippen LogP contribution in [0.15, 0.2) is 18.2 Å². The third kappa shape index (κ3) is 3.13. The van der Waals surface area contributed by atoms with Gasteiger partial charge in [-0.05, 0) is 18.1 Å². The molecule has 0 saturated heterocycles. The molecular weight excluding hydrogens is 284 g/mol. The number of carbonyl (C=O) groups is 1. The number of benzene rings is 1. The number of hydrogen-bond donors (Lipinski definition) is 2. The Hall–Kier alpha value is -1.75. The van der Waals surface area contributed by atoms with Gasteiger partial charge in [-0.3, -0.25) is 4.79 Å². The van der Waals surface area contributed by atoms with Crippen LogP contribution in [0.5, 0.6) is 5.75 Å². The molecule has 21 heavy (non-hydrogen) atoms. The van der Waals surface area contributed by atoms with E-state index in [0.717, 1.165) is 22.9 Å². The minimum Gasteiger partial charge on any atom is -0.496 e. The second kappa shape index (κ2) is 6.80. The summed E-state index contributed by atoms with van der Waals surface area (Å²) in [6, 6.07) is 5.72. The molecule has 5 heteroatoms. The van der Waals surface area contributed by atoms with Crippen molar-refractivity contribution in [2.75, 3.05) is 19.4 Å². The summed E-state index contributed by atoms with van der Waals surface area (Å²) in [7, 11) is 1.61. The van der Waals surface area contributed by atoms with E-state index in [9.17, 15) is 4.79 Å². The fourth-order valence-corrected chi connectivity index (χ4v) is 3.43. The molecule has 0 aliphatic rings. The highest BCUT2D eigenvalue weighted by atomic mass is 32.1. The van der Waals surface area contributed by atoms with Gasteiger partial charge in [-0.1, -0.05) is 32.8 Å². The Morgan fingerprint density at radius 1 is 1.38 bits per heavy atom. The highest BCUT2D eigenvalue weighted by molar-refractivity contribution is 7.21. The summed E-state index contributed by atoms with van der Waals surface area (Å²) in [6.45, 7) is 4.97. The maximum absolute atomic E-state index is 12.3. The van der Waals surface area contributed by atoms with Crippen LogP contribution in [-0.4, -0.2) is 19.6 Å². The highest BCUT2D eigenvalue weighted by Gasteiger charge is 2.19. The van der Waals surface area contributed by atoms with E-state index in [-0.39, 0.29) is 5.91 Å². The molecule has 114 valence electrons. The largest absolute Gasteiger partial charge is 0.496 e. The summed E-state index contributed by atoms with van der Waals surface area (Å²) in [5, 5.41) is 3.82. The fourth-order valence-electron chi connectivity index (χ4n) is 2.37. The van der Waals surface area contributed by atoms with Crippen LogP contribution < -0.4 is 15.8 Å². The molecule has 0 bridgehead atoms. The van der Waals surface area contributed by atoms with Crippen molar-refractivity contribution in [1.29, 1.82) is 0 Å². The van der Waals surface area contributed by atoms with Gasteiger partial charge in [0.2, 0.25) is 0 Å². The van der Waals surface area contributed by atoms with Crippen LogP contribution in [0.1, 0.15) is 36.4 Å². The minimum atomic E-state index is -0.0948. The Balaban J connectivity index is 2.26. The number of methoxy groups -OCH3 is 1. The van der Waals surface area contributed by atoms with Crippen molar-refractivity contribution in [2.45, 2.75) is 26.7 Å². The molecule has 2 aromatic rings. The quantitative estimate of drug-likeness (QED) is 0.856. The van der Waals surface area contributed by atoms with Crippen LogP contribution in [0.25, 0.3) is 10.1 Å². The molecule has 2 rings (SSSR count). The summed E-state index contributed by atoms with van der Waals surface area (Å²) in [4.78, 5) is 12.9. The van der Waals surface area contributed by atoms with Crippen molar-refractivity contribution in [3.05, 3.63) is 23.1 Å². The average molecular weight is 306 g/mol. The van der Waals surface area contributed by atoms with Crippen molar-refractivity contribution in [3.63, 3.8) is 0 Å². The third-order valence-electron chi connectivity index (χ3n) is 3.85. The normalized spacial score (nSPS) is 11.0. The Morgan fingerprint density at radius 3 is 2.71 bits per heavy atom. The maximum Gasteiger partial charge on any atom is 0.263 e. The topological polar surface area (TPSA) is 64.3 Å². The van der Waals surface area contributed by atoms with Crippen molar-refractivity contribution in [1.82, 2.24) is 5.32 Å². The predicted molar refractivity (Wildman–Crippen MR) is 89.2 cm³/mol. The molecule has 1 aromatic carbocycles. The fraction of sp³-hybridized carbons (Fsp3) is 0.438. The van der Waals surface area contributed by atoms with Gasteiger partial charge in [0.05, 0.1) is 18.2 Å². The van der Waals surface area contributed by atoms with Gasteiger partial charge in [-0.15, -0.1) is 11.3 Å². The van der Waals surface area contributed by atoms with E-state index in [1.54, 1.807) is 7.11 Å². The van der Waals surface area contributed by atoms with Crippen molar-refractivity contribution < 1.29 is 9.53 Å². The summed E-state index contributed by atoms with van der Waals surface area (Å²) >= 11 is 1.41. The molecule has 1 aromatic heterocycles. The number of anilines is 1. The lowest BCUT2D eigenvalue weighted by molar-refractivity contribution is 0.0951. The minimum absolute atomic E-state index is 0.0948. The zero-order chi connectivity index (χ0) is 15.4. The first kappa shape index (κ1) is 15.6. The number of fused-ring (bicyclic) bond motifs is 1. The molecule has 1 amide bonds. The van der Waals surface area contributed by atoms with E-state index >= 15 is 0 Å². The molecule has 1 heterocycles. The van der Waals surface area contributed by atoms with Gasteiger partial charge in [0.15, 0.2) is 0 Å². The second-order valence-electron chi connectivity index (χ2n) is 5.07. The second-order valence-corrected chi connectivity index (χ2v) is 6.12. The molecule has 0 unspecified atom stereocenters. The number of nitrogens with two attached hydrogens (primary N) is 1. The first-order chi connectivity index (χ1) is 10.1. The van der Waals surface area contributed by atoms with Crippen LogP contribution in [0, 0.1) is 5.92 Å². The number of thiophene rings is 1. The monoisotopic (exact) mass is 306 g/mol. The van der Waals surface area contributed by atoms with Crippen molar-refractivity contribution in [2.24, 2.45) is 5.92 Å². The van der Waals surface area contributed by atoms with Gasteiger partial charge in [-0.25, -0.2) is 0 Å². The number of nitrogens with one attached hydrogen (secondary N) is 1. The lowest BCUT2D eigenvalue weighted by atomic mass is 10.0. The van der Waals surface area contributed by atoms with Gasteiger partial charge < -0.3 is 15.8 Å². The van der Waals surface area contributed by atoms with Gasteiger partial charge in [0.25, 0.3) is 5.91 Å². The third-order valence-corrected chi connectivity index (χ3v) is 5.02. The van der Waals surface area contributed by atoms with Crippen LogP contribution in [0.4, 0.5) is 5.69 Å². The van der Waals surface area contributed by atoms with Crippen molar-refractivity contribution >= 4 is 33.0 Å². The first-order valence-electron chi connectivity index (χ1n) is 7.25. The zero-order valence-electron chi connectivity index (χ0n) is 12.7. The number of rotatable bonds is 6. The molecule has 3 N–H and O–H groups in total. The lowest BCUT2D eigenvalue weighted by Crippen LogP contribution is -2.28. The smallest absolute Gasteiger partial charge is 0.263 e. The molecule has 0 fully saturated rings. The lowest BCUT2D eigenvalue weighted by Gasteiger charge is -2.12. The van der Waals surface area contributed by atoms with Crippen molar-refractivity contribution in [3.8, 4) is 5.75 Å². The zero-order valence-corrected chi connectivity index (χ0v) is 13.5. The Labute approximate surface area is 129 Å². The summed E-state index contributed by atoms with van der Waals surface area (Å²) in [6.07, 6.45) is 2.12. The van der Waals surface area contributed by atoms with Crippen LogP contribution in [0.3, 0.4) is 0 Å². The number of ether oxygens (including phenoxy) is 1. The maximum atomic E-state index is 12.3. The SMILES string of the molecule is CCC(CC)CNC(=O)c1sc2cccc(OC)c2c1N. The Morgan fingerprint density at radius 2 is 2.10 bits per heavy atom. The Kier molecular flexibility index (Phi) is 5.07. The molecule has 0 saturated carbocycles. The van der Waals surface area contributed by atoms with Crippen LogP contribution >= 0.6 is 11.3 Å². The highest BCUT2D eigenvalue weighted by Crippen LogP contribution is 2.39. The molecule has 0 aliphatic heterocycles. The van der Waals surface area contributed by atoms with E-state index in [2.05, 4.69) is 19.2 Å². The van der Waals surface area contributed by atoms with E-state index in [1.807, 2.05) is 18.2 Å². The number of hydrogen-bond acceptors (Lipinski definition) is 4. The van der Waals surface area contributed by atoms with Gasteiger partial charge in [0.1, 0.15) is 10.6 Å². The van der Waals surface area contributed by atoms with E-state index in [4.69, 9.17) is 10.5 Å². The standard InChI is InChI=1S/C16H22N2O2S/c1-4-10(5-2)9-18-16(19)15-14(17)13-11(20-3)7-6-8-12(13)21-15/h6-8,10H,4-5,9,17H2,1-3H3,(H,18,19). The number of carbonyl (C=O) groups excluding carboxylic acids is 1. The van der Waals surface area contributed by atoms with Gasteiger partial charge >= 0.3 is 0 Å². The van der Waals surface area contributed by atoms with E-state index in [0.29, 0.717) is 28.8 Å². The molecule has 0 atom stereocenters. The van der Waals surface area contributed by atoms with Crippen LogP contribution in [-0.2, 0) is 0 Å². The van der Waals surface area contributed by atoms with Gasteiger partial charge in [-0.2, -0.15) is 0 Å². The van der Waals surface area contributed by atoms with Crippen LogP contribution in [0.2, 0.25) is 0 Å². The van der Waals surface area contributed by atoms with E-state index in [1.165, 1.54) is 11.3 Å². The molecule has 0 spiro atoms. The molecule has 4 nitrogen and oxygen atoms in total. The number of amides is 1. The van der Waals surface area contributed by atoms with Gasteiger partial charge in [0, 0.05) is 11.2 Å². The first-order valence-corrected chi connectivity index (χ1v) is 8.07. The molecule has 0 aliphatic carbocycles. The summed E-state index contributed by atoms with van der Waals surface area (Å²) in [5.41, 5.74) is 6.67. The molecule has 0 radical (unpaired) electrons. The summed E-state index contributed by atoms with van der Waals surface area (Å²) < 4.78 is 6.30. The predicted octanol–water partition coefficient (Wildman–Crippen LogP) is 3.66. The summed E-state index contributed by atoms with van der Waals surface area (Å²) in [5.74, 6) is 1.13. The number of nitrogen functional groups attached to an aromatic ring is 1. The van der Waals surface area contributed by atoms with E-state index < -0.39 is 0 Å².